The first-order chi connectivity index (χ1) is 11.7. The molecular formula is C16H14N6O2. The lowest BCUT2D eigenvalue weighted by Crippen LogP contribution is -2.23. The molecule has 3 heterocycles. The van der Waals surface area contributed by atoms with E-state index >= 15 is 0 Å². The molecule has 0 atom stereocenters. The van der Waals surface area contributed by atoms with Crippen LogP contribution in [-0.4, -0.2) is 29.7 Å². The van der Waals surface area contributed by atoms with Gasteiger partial charge in [0.25, 0.3) is 5.56 Å². The number of aryl methyl sites for hydroxylation is 1. The van der Waals surface area contributed by atoms with Gasteiger partial charge in [-0.15, -0.1) is 10.2 Å². The van der Waals surface area contributed by atoms with Crippen LogP contribution in [0.4, 0.5) is 0 Å². The number of nitrogens with zero attached hydrogens (tertiary/aromatic N) is 4. The third-order valence-electron chi connectivity index (χ3n) is 3.82. The molecule has 0 saturated carbocycles. The summed E-state index contributed by atoms with van der Waals surface area (Å²) in [5.41, 5.74) is 0.841. The Morgan fingerprint density at radius 1 is 1.08 bits per heavy atom. The van der Waals surface area contributed by atoms with Crippen molar-refractivity contribution in [3.8, 4) is 5.69 Å². The van der Waals surface area contributed by atoms with Crippen LogP contribution in [0.1, 0.15) is 19.2 Å². The zero-order chi connectivity index (χ0) is 16.7. The highest BCUT2D eigenvalue weighted by Crippen LogP contribution is 2.24. The number of rotatable bonds is 3. The van der Waals surface area contributed by atoms with E-state index in [0.29, 0.717) is 11.2 Å². The Bertz CT molecular complexity index is 1160. The molecule has 0 unspecified atom stereocenters. The maximum atomic E-state index is 12.4. The number of aromatic amines is 2. The summed E-state index contributed by atoms with van der Waals surface area (Å²) in [6.45, 7) is 2.06. The Kier molecular flexibility index (Phi) is 3.23. The molecule has 120 valence electrons. The minimum atomic E-state index is -0.610. The predicted octanol–water partition coefficient (Wildman–Crippen LogP) is 1.30. The molecule has 8 heteroatoms. The van der Waals surface area contributed by atoms with Crippen molar-refractivity contribution in [2.45, 2.75) is 19.8 Å². The highest BCUT2D eigenvalue weighted by molar-refractivity contribution is 5.99. The first-order valence-electron chi connectivity index (χ1n) is 7.64. The van der Waals surface area contributed by atoms with Crippen molar-refractivity contribution in [1.29, 1.82) is 0 Å². The standard InChI is InChI=1S/C16H14N6O2/c1-2-6-10-17-14-12(22(10)9-7-4-3-5-8-9)11-13(20-21-14)18-16(24)19-15(11)23/h3-5,7-8H,2,6H2,1H3,(H2,18,19,20,23,24). The fraction of sp³-hybridized carbons (Fsp3) is 0.188. The van der Waals surface area contributed by atoms with Gasteiger partial charge in [0.15, 0.2) is 5.65 Å². The van der Waals surface area contributed by atoms with E-state index in [2.05, 4.69) is 32.1 Å². The van der Waals surface area contributed by atoms with Crippen molar-refractivity contribution in [2.24, 2.45) is 0 Å². The van der Waals surface area contributed by atoms with Crippen molar-refractivity contribution >= 4 is 22.2 Å². The molecule has 4 rings (SSSR count). The maximum Gasteiger partial charge on any atom is 0.327 e. The second kappa shape index (κ2) is 5.41. The molecule has 0 saturated heterocycles. The van der Waals surface area contributed by atoms with Gasteiger partial charge in [0.1, 0.15) is 16.7 Å². The van der Waals surface area contributed by atoms with Gasteiger partial charge in [0.05, 0.1) is 0 Å². The minimum absolute atomic E-state index is 0.149. The van der Waals surface area contributed by atoms with E-state index < -0.39 is 11.2 Å². The Labute approximate surface area is 135 Å². The number of aromatic nitrogens is 6. The van der Waals surface area contributed by atoms with Gasteiger partial charge >= 0.3 is 5.69 Å². The van der Waals surface area contributed by atoms with E-state index in [4.69, 9.17) is 0 Å². The van der Waals surface area contributed by atoms with Gasteiger partial charge in [-0.25, -0.2) is 9.78 Å². The molecule has 0 aliphatic heterocycles. The lowest BCUT2D eigenvalue weighted by Gasteiger charge is -2.09. The molecule has 0 radical (unpaired) electrons. The lowest BCUT2D eigenvalue weighted by atomic mass is 10.2. The molecule has 3 aromatic heterocycles. The van der Waals surface area contributed by atoms with Gasteiger partial charge in [0, 0.05) is 12.1 Å². The molecule has 8 nitrogen and oxygen atoms in total. The number of nitrogens with one attached hydrogen (secondary N) is 2. The van der Waals surface area contributed by atoms with Crippen molar-refractivity contribution in [3.63, 3.8) is 0 Å². The van der Waals surface area contributed by atoms with E-state index in [1.807, 2.05) is 34.9 Å². The zero-order valence-corrected chi connectivity index (χ0v) is 12.9. The third-order valence-corrected chi connectivity index (χ3v) is 3.82. The topological polar surface area (TPSA) is 109 Å². The van der Waals surface area contributed by atoms with E-state index in [-0.39, 0.29) is 11.0 Å². The van der Waals surface area contributed by atoms with E-state index in [1.54, 1.807) is 0 Å². The van der Waals surface area contributed by atoms with Crippen molar-refractivity contribution in [1.82, 2.24) is 29.7 Å². The van der Waals surface area contributed by atoms with Crippen molar-refractivity contribution in [3.05, 3.63) is 57.0 Å². The summed E-state index contributed by atoms with van der Waals surface area (Å²) < 4.78 is 1.91. The monoisotopic (exact) mass is 322 g/mol. The highest BCUT2D eigenvalue weighted by atomic mass is 16.2. The van der Waals surface area contributed by atoms with Crippen LogP contribution in [-0.2, 0) is 6.42 Å². The summed E-state index contributed by atoms with van der Waals surface area (Å²) in [5.74, 6) is 0.797. The fourth-order valence-electron chi connectivity index (χ4n) is 2.86. The molecule has 0 aliphatic rings. The average Bonchev–Trinajstić information content (AvgIpc) is 2.93. The molecule has 0 amide bonds. The van der Waals surface area contributed by atoms with E-state index in [9.17, 15) is 9.59 Å². The summed E-state index contributed by atoms with van der Waals surface area (Å²) in [6, 6.07) is 9.63. The van der Waals surface area contributed by atoms with Gasteiger partial charge in [0.2, 0.25) is 5.65 Å². The van der Waals surface area contributed by atoms with Gasteiger partial charge in [-0.1, -0.05) is 25.1 Å². The third kappa shape index (κ3) is 2.11. The number of fused-ring (bicyclic) bond motifs is 3. The molecule has 24 heavy (non-hydrogen) atoms. The Balaban J connectivity index is 2.22. The minimum Gasteiger partial charge on any atom is -0.294 e. The quantitative estimate of drug-likeness (QED) is 0.591. The highest BCUT2D eigenvalue weighted by Gasteiger charge is 2.19. The fourth-order valence-corrected chi connectivity index (χ4v) is 2.86. The molecule has 2 N–H and O–H groups in total. The van der Waals surface area contributed by atoms with Crippen LogP contribution in [0.15, 0.2) is 39.9 Å². The normalized spacial score (nSPS) is 11.4. The van der Waals surface area contributed by atoms with Crippen LogP contribution in [0.5, 0.6) is 0 Å². The predicted molar refractivity (Wildman–Crippen MR) is 89.4 cm³/mol. The summed E-state index contributed by atoms with van der Waals surface area (Å²) in [4.78, 5) is 33.2. The molecule has 1 aromatic carbocycles. The maximum absolute atomic E-state index is 12.4. The molecule has 0 fully saturated rings. The van der Waals surface area contributed by atoms with Crippen LogP contribution < -0.4 is 11.2 Å². The zero-order valence-electron chi connectivity index (χ0n) is 12.9. The second-order valence-electron chi connectivity index (χ2n) is 5.45. The van der Waals surface area contributed by atoms with Crippen LogP contribution >= 0.6 is 0 Å². The molecule has 0 spiro atoms. The first-order valence-corrected chi connectivity index (χ1v) is 7.64. The van der Waals surface area contributed by atoms with Crippen molar-refractivity contribution in [2.75, 3.05) is 0 Å². The summed E-state index contributed by atoms with van der Waals surface area (Å²) in [7, 11) is 0. The number of hydrogen-bond donors (Lipinski definition) is 2. The largest absolute Gasteiger partial charge is 0.327 e. The number of para-hydroxylation sites is 1. The number of benzene rings is 1. The SMILES string of the molecule is CCCc1nc2nnc3[nH]c(=O)[nH]c(=O)c3c2n1-c1ccccc1. The molecule has 0 aliphatic carbocycles. The van der Waals surface area contributed by atoms with Gasteiger partial charge < -0.3 is 0 Å². The number of hydrogen-bond acceptors (Lipinski definition) is 5. The lowest BCUT2D eigenvalue weighted by molar-refractivity contribution is 0.818. The van der Waals surface area contributed by atoms with E-state index in [0.717, 1.165) is 24.4 Å². The molecule has 4 aromatic rings. The first kappa shape index (κ1) is 14.3. The van der Waals surface area contributed by atoms with Crippen LogP contribution in [0.25, 0.3) is 27.9 Å². The van der Waals surface area contributed by atoms with Crippen LogP contribution in [0.2, 0.25) is 0 Å². The smallest absolute Gasteiger partial charge is 0.294 e. The average molecular weight is 322 g/mol. The van der Waals surface area contributed by atoms with Crippen LogP contribution in [0, 0.1) is 0 Å². The number of H-pyrrole nitrogens is 2. The second-order valence-corrected chi connectivity index (χ2v) is 5.45. The van der Waals surface area contributed by atoms with Gasteiger partial charge in [-0.2, -0.15) is 0 Å². The molecule has 0 bridgehead atoms. The summed E-state index contributed by atoms with van der Waals surface area (Å²) in [6.07, 6.45) is 1.63. The van der Waals surface area contributed by atoms with Crippen LogP contribution in [0.3, 0.4) is 0 Å². The molecular weight excluding hydrogens is 308 g/mol. The summed E-state index contributed by atoms with van der Waals surface area (Å²) >= 11 is 0. The van der Waals surface area contributed by atoms with Gasteiger partial charge in [-0.05, 0) is 18.6 Å². The summed E-state index contributed by atoms with van der Waals surface area (Å²) in [5, 5.41) is 8.29. The Hall–Kier alpha value is -3.29. The Morgan fingerprint density at radius 3 is 2.62 bits per heavy atom. The van der Waals surface area contributed by atoms with Gasteiger partial charge in [-0.3, -0.25) is 19.3 Å². The van der Waals surface area contributed by atoms with E-state index in [1.165, 1.54) is 0 Å². The van der Waals surface area contributed by atoms with Crippen molar-refractivity contribution < 1.29 is 0 Å². The number of imidazole rings is 1. The Morgan fingerprint density at radius 2 is 1.88 bits per heavy atom.